The molecule has 164 valence electrons. The molecule has 7 heteroatoms. The Balaban J connectivity index is 1.53. The van der Waals surface area contributed by atoms with Crippen LogP contribution in [0.1, 0.15) is 78.3 Å². The zero-order chi connectivity index (χ0) is 21.3. The second kappa shape index (κ2) is 8.53. The first-order chi connectivity index (χ1) is 14.5. The van der Waals surface area contributed by atoms with Crippen LogP contribution in [0.3, 0.4) is 0 Å². The molecular weight excluding hydrogens is 378 g/mol. The van der Waals surface area contributed by atoms with Crippen molar-refractivity contribution in [3.63, 3.8) is 0 Å². The molecule has 1 aliphatic carbocycles. The number of ether oxygens (including phenoxy) is 1. The zero-order valence-electron chi connectivity index (χ0n) is 18.8. The minimum Gasteiger partial charge on any atom is -0.385 e. The molecule has 0 bridgehead atoms. The van der Waals surface area contributed by atoms with E-state index >= 15 is 0 Å². The molecular formula is C23H35N5O2. The van der Waals surface area contributed by atoms with Gasteiger partial charge >= 0.3 is 0 Å². The van der Waals surface area contributed by atoms with E-state index in [2.05, 4.69) is 46.5 Å². The number of hydrogen-bond donors (Lipinski definition) is 1. The summed E-state index contributed by atoms with van der Waals surface area (Å²) in [6.45, 7) is 9.44. The highest BCUT2D eigenvalue weighted by Crippen LogP contribution is 2.55. The number of amides is 1. The third kappa shape index (κ3) is 3.68. The molecule has 7 nitrogen and oxygen atoms in total. The molecule has 1 aliphatic heterocycles. The predicted octanol–water partition coefficient (Wildman–Crippen LogP) is 3.62. The second-order valence-electron chi connectivity index (χ2n) is 9.13. The number of aromatic nitrogens is 4. The predicted molar refractivity (Wildman–Crippen MR) is 116 cm³/mol. The molecule has 2 aromatic heterocycles. The van der Waals surface area contributed by atoms with E-state index < -0.39 is 0 Å². The minimum absolute atomic E-state index is 0.152. The molecule has 1 unspecified atom stereocenters. The molecule has 0 radical (unpaired) electrons. The van der Waals surface area contributed by atoms with E-state index in [9.17, 15) is 4.79 Å². The first-order valence-electron chi connectivity index (χ1n) is 11.3. The summed E-state index contributed by atoms with van der Waals surface area (Å²) < 4.78 is 7.43. The van der Waals surface area contributed by atoms with Gasteiger partial charge in [-0.2, -0.15) is 5.10 Å². The van der Waals surface area contributed by atoms with Crippen molar-refractivity contribution in [1.29, 1.82) is 0 Å². The van der Waals surface area contributed by atoms with Gasteiger partial charge in [-0.25, -0.2) is 4.98 Å². The number of carbonyl (C=O) groups is 1. The van der Waals surface area contributed by atoms with Gasteiger partial charge in [-0.3, -0.25) is 9.89 Å². The van der Waals surface area contributed by atoms with Crippen LogP contribution in [-0.4, -0.2) is 57.4 Å². The number of nitrogens with one attached hydrogen (secondary N) is 1. The van der Waals surface area contributed by atoms with Crippen LogP contribution in [-0.2, 0) is 17.7 Å². The summed E-state index contributed by atoms with van der Waals surface area (Å²) in [6, 6.07) is 2.05. The number of H-pyrrole nitrogens is 1. The third-order valence-corrected chi connectivity index (χ3v) is 7.17. The maximum atomic E-state index is 13.5. The van der Waals surface area contributed by atoms with Crippen molar-refractivity contribution < 1.29 is 9.53 Å². The van der Waals surface area contributed by atoms with Crippen molar-refractivity contribution >= 4 is 5.91 Å². The number of aryl methyl sites for hydroxylation is 2. The number of nitrogens with zero attached hydrogens (tertiary/aromatic N) is 4. The molecule has 1 spiro atoms. The Morgan fingerprint density at radius 2 is 2.17 bits per heavy atom. The maximum Gasteiger partial charge on any atom is 0.255 e. The van der Waals surface area contributed by atoms with Gasteiger partial charge < -0.3 is 14.2 Å². The number of hydrogen-bond acceptors (Lipinski definition) is 4. The van der Waals surface area contributed by atoms with Gasteiger partial charge in [0.2, 0.25) is 0 Å². The van der Waals surface area contributed by atoms with Gasteiger partial charge in [0.15, 0.2) is 5.82 Å². The Hall–Kier alpha value is -2.15. The van der Waals surface area contributed by atoms with Crippen LogP contribution in [0.4, 0.5) is 0 Å². The smallest absolute Gasteiger partial charge is 0.255 e. The molecule has 2 aromatic rings. The van der Waals surface area contributed by atoms with E-state index in [0.29, 0.717) is 0 Å². The summed E-state index contributed by atoms with van der Waals surface area (Å²) in [4.78, 5) is 20.4. The first kappa shape index (κ1) is 21.1. The van der Waals surface area contributed by atoms with Gasteiger partial charge in [0.1, 0.15) is 5.82 Å². The van der Waals surface area contributed by atoms with E-state index in [-0.39, 0.29) is 17.2 Å². The van der Waals surface area contributed by atoms with Crippen LogP contribution in [0, 0.1) is 19.3 Å². The number of carbonyl (C=O) groups excluding carboxylic acids is 1. The molecule has 3 heterocycles. The summed E-state index contributed by atoms with van der Waals surface area (Å²) in [5, 5.41) is 7.66. The quantitative estimate of drug-likeness (QED) is 0.671. The van der Waals surface area contributed by atoms with E-state index in [1.807, 2.05) is 0 Å². The summed E-state index contributed by atoms with van der Waals surface area (Å²) in [6.07, 6.45) is 6.48. The Morgan fingerprint density at radius 3 is 2.83 bits per heavy atom. The van der Waals surface area contributed by atoms with Gasteiger partial charge in [0.25, 0.3) is 5.91 Å². The average molecular weight is 414 g/mol. The van der Waals surface area contributed by atoms with Crippen molar-refractivity contribution in [2.45, 2.75) is 71.8 Å². The van der Waals surface area contributed by atoms with Crippen LogP contribution >= 0.6 is 0 Å². The summed E-state index contributed by atoms with van der Waals surface area (Å²) in [7, 11) is 1.73. The molecule has 1 amide bonds. The van der Waals surface area contributed by atoms with Gasteiger partial charge in [0.05, 0.1) is 5.56 Å². The lowest BCUT2D eigenvalue weighted by Gasteiger charge is -2.41. The molecule has 1 N–H and O–H groups in total. The molecule has 30 heavy (non-hydrogen) atoms. The van der Waals surface area contributed by atoms with Crippen LogP contribution in [0.5, 0.6) is 0 Å². The zero-order valence-corrected chi connectivity index (χ0v) is 18.8. The lowest BCUT2D eigenvalue weighted by Crippen LogP contribution is -2.38. The number of methoxy groups -OCH3 is 1. The summed E-state index contributed by atoms with van der Waals surface area (Å²) in [5.41, 5.74) is 3.19. The Labute approximate surface area is 179 Å². The van der Waals surface area contributed by atoms with Gasteiger partial charge in [-0.15, -0.1) is 0 Å². The van der Waals surface area contributed by atoms with E-state index in [0.717, 1.165) is 86.9 Å². The molecule has 1 saturated carbocycles. The van der Waals surface area contributed by atoms with E-state index in [1.54, 1.807) is 7.11 Å². The molecule has 1 saturated heterocycles. The molecule has 0 aromatic carbocycles. The fourth-order valence-electron chi connectivity index (χ4n) is 5.33. The molecule has 2 fully saturated rings. The van der Waals surface area contributed by atoms with Crippen molar-refractivity contribution in [2.24, 2.45) is 5.41 Å². The standard InChI is InChI=1S/C23H35N5O2/c1-5-8-20-24-21(26-25-20)19-14-27(15-23(19)9-6-10-23)22(29)18-13-16(2)28(17(18)3)11-7-12-30-4/h13,19H,5-12,14-15H2,1-4H3,(H,24,25,26). The second-order valence-corrected chi connectivity index (χ2v) is 9.13. The highest BCUT2D eigenvalue weighted by molar-refractivity contribution is 5.96. The Kier molecular flexibility index (Phi) is 6.00. The van der Waals surface area contributed by atoms with Crippen LogP contribution in [0.15, 0.2) is 6.07 Å². The minimum atomic E-state index is 0.152. The highest BCUT2D eigenvalue weighted by Gasteiger charge is 2.53. The Bertz CT molecular complexity index is 896. The van der Waals surface area contributed by atoms with Crippen LogP contribution in [0.2, 0.25) is 0 Å². The van der Waals surface area contributed by atoms with Crippen molar-refractivity contribution in [2.75, 3.05) is 26.8 Å². The lowest BCUT2D eigenvalue weighted by molar-refractivity contribution is 0.0723. The Morgan fingerprint density at radius 1 is 1.37 bits per heavy atom. The molecule has 2 aliphatic rings. The average Bonchev–Trinajstić information content (AvgIpc) is 3.39. The van der Waals surface area contributed by atoms with E-state index in [1.165, 1.54) is 6.42 Å². The van der Waals surface area contributed by atoms with Crippen molar-refractivity contribution in [3.8, 4) is 0 Å². The van der Waals surface area contributed by atoms with Gasteiger partial charge in [-0.1, -0.05) is 13.3 Å². The fraction of sp³-hybridized carbons (Fsp3) is 0.696. The van der Waals surface area contributed by atoms with Crippen LogP contribution < -0.4 is 0 Å². The van der Waals surface area contributed by atoms with E-state index in [4.69, 9.17) is 9.72 Å². The highest BCUT2D eigenvalue weighted by atomic mass is 16.5. The topological polar surface area (TPSA) is 76.0 Å². The third-order valence-electron chi connectivity index (χ3n) is 7.17. The lowest BCUT2D eigenvalue weighted by atomic mass is 9.62. The van der Waals surface area contributed by atoms with Crippen LogP contribution in [0.25, 0.3) is 0 Å². The normalized spacial score (nSPS) is 20.1. The van der Waals surface area contributed by atoms with Crippen molar-refractivity contribution in [3.05, 3.63) is 34.7 Å². The SMILES string of the molecule is CCCc1nc(C2CN(C(=O)c3cc(C)n(CCCOC)c3C)CC23CCC3)n[nH]1. The van der Waals surface area contributed by atoms with Gasteiger partial charge in [-0.05, 0) is 51.0 Å². The maximum absolute atomic E-state index is 13.5. The molecule has 1 atom stereocenters. The number of aromatic amines is 1. The molecule has 4 rings (SSSR count). The summed E-state index contributed by atoms with van der Waals surface area (Å²) in [5.74, 6) is 2.26. The number of rotatable bonds is 8. The first-order valence-corrected chi connectivity index (χ1v) is 11.3. The van der Waals surface area contributed by atoms with Crippen molar-refractivity contribution in [1.82, 2.24) is 24.6 Å². The van der Waals surface area contributed by atoms with Gasteiger partial charge in [0, 0.05) is 57.1 Å². The number of likely N-dealkylation sites (tertiary alicyclic amines) is 1. The summed E-state index contributed by atoms with van der Waals surface area (Å²) >= 11 is 0. The fourth-order valence-corrected chi connectivity index (χ4v) is 5.33. The monoisotopic (exact) mass is 413 g/mol. The largest absolute Gasteiger partial charge is 0.385 e.